The van der Waals surface area contributed by atoms with E-state index < -0.39 is 5.97 Å². The Morgan fingerprint density at radius 2 is 1.94 bits per heavy atom. The van der Waals surface area contributed by atoms with E-state index in [9.17, 15) is 9.90 Å². The lowest BCUT2D eigenvalue weighted by Crippen LogP contribution is -2.17. The number of aryl methyl sites for hydroxylation is 1. The summed E-state index contributed by atoms with van der Waals surface area (Å²) in [6.45, 7) is 4.03. The molecule has 2 aromatic heterocycles. The van der Waals surface area contributed by atoms with Gasteiger partial charge in [0.05, 0.1) is 28.2 Å². The zero-order valence-electron chi connectivity index (χ0n) is 18.1. The number of carboxylic acids is 1. The fourth-order valence-electron chi connectivity index (χ4n) is 4.61. The Balaban J connectivity index is 1.71. The summed E-state index contributed by atoms with van der Waals surface area (Å²) in [6, 6.07) is 14.8. The highest BCUT2D eigenvalue weighted by Gasteiger charge is 2.28. The Morgan fingerprint density at radius 1 is 1.15 bits per heavy atom. The van der Waals surface area contributed by atoms with Crippen molar-refractivity contribution in [3.63, 3.8) is 0 Å². The molecule has 0 saturated carbocycles. The highest BCUT2D eigenvalue weighted by molar-refractivity contribution is 6.32. The van der Waals surface area contributed by atoms with Crippen LogP contribution in [0.25, 0.3) is 28.2 Å². The average molecular weight is 478 g/mol. The molecule has 1 aliphatic carbocycles. The molecule has 4 aromatic rings. The summed E-state index contributed by atoms with van der Waals surface area (Å²) >= 11 is 12.9. The van der Waals surface area contributed by atoms with Crippen molar-refractivity contribution in [1.82, 2.24) is 14.8 Å². The van der Waals surface area contributed by atoms with Gasteiger partial charge in [-0.25, -0.2) is 14.5 Å². The second-order valence-electron chi connectivity index (χ2n) is 8.50. The largest absolute Gasteiger partial charge is 0.478 e. The Kier molecular flexibility index (Phi) is 5.47. The van der Waals surface area contributed by atoms with E-state index >= 15 is 0 Å². The molecule has 1 unspecified atom stereocenters. The summed E-state index contributed by atoms with van der Waals surface area (Å²) in [6.07, 6.45) is 3.45. The minimum atomic E-state index is -0.929. The van der Waals surface area contributed by atoms with Gasteiger partial charge in [-0.05, 0) is 67.2 Å². The highest BCUT2D eigenvalue weighted by Crippen LogP contribution is 2.39. The summed E-state index contributed by atoms with van der Waals surface area (Å²) in [5.41, 5.74) is 5.82. The van der Waals surface area contributed by atoms with E-state index in [0.717, 1.165) is 40.2 Å². The first-order valence-corrected chi connectivity index (χ1v) is 11.5. The van der Waals surface area contributed by atoms with Crippen molar-refractivity contribution in [3.8, 4) is 5.69 Å². The van der Waals surface area contributed by atoms with E-state index in [1.54, 1.807) is 10.7 Å². The molecular weight excluding hydrogens is 457 g/mol. The van der Waals surface area contributed by atoms with E-state index in [1.165, 1.54) is 0 Å². The van der Waals surface area contributed by atoms with Crippen LogP contribution in [-0.4, -0.2) is 25.8 Å². The number of aromatic nitrogens is 3. The number of benzene rings is 2. The molecule has 7 heteroatoms. The van der Waals surface area contributed by atoms with Crippen LogP contribution in [0.1, 0.15) is 46.2 Å². The fourth-order valence-corrected chi connectivity index (χ4v) is 5.12. The molecule has 33 heavy (non-hydrogen) atoms. The second kappa shape index (κ2) is 8.32. The van der Waals surface area contributed by atoms with Crippen LogP contribution in [0.5, 0.6) is 0 Å². The van der Waals surface area contributed by atoms with E-state index in [-0.39, 0.29) is 5.92 Å². The van der Waals surface area contributed by atoms with E-state index in [2.05, 4.69) is 12.0 Å². The van der Waals surface area contributed by atoms with Crippen LogP contribution in [0, 0.1) is 12.8 Å². The molecule has 2 heterocycles. The molecule has 0 bridgehead atoms. The summed E-state index contributed by atoms with van der Waals surface area (Å²) in [5, 5.41) is 16.4. The normalized spacial score (nSPS) is 16.8. The van der Waals surface area contributed by atoms with Gasteiger partial charge < -0.3 is 5.11 Å². The van der Waals surface area contributed by atoms with E-state index in [1.807, 2.05) is 55.5 Å². The smallest absolute Gasteiger partial charge is 0.336 e. The zero-order valence-corrected chi connectivity index (χ0v) is 19.7. The molecule has 166 valence electrons. The standard InChI is InChI=1S/C26H21Cl2N3O2/c1-14-10-16(12-20-15(2)30-31(25(20)28)18-7-5-6-17(27)13-18)24-21(11-14)23(26(32)33)19-8-3-4-9-22(19)29-24/h3-9,12-14H,10-11H2,1-2H3,(H,32,33). The third kappa shape index (κ3) is 3.81. The van der Waals surface area contributed by atoms with Gasteiger partial charge in [0.1, 0.15) is 5.15 Å². The lowest BCUT2D eigenvalue weighted by molar-refractivity contribution is 0.0697. The fraction of sp³-hybridized carbons (Fsp3) is 0.192. The topological polar surface area (TPSA) is 68.0 Å². The minimum Gasteiger partial charge on any atom is -0.478 e. The lowest BCUT2D eigenvalue weighted by Gasteiger charge is -2.26. The van der Waals surface area contributed by atoms with Gasteiger partial charge in [-0.15, -0.1) is 0 Å². The molecule has 1 atom stereocenters. The molecule has 2 aromatic carbocycles. The maximum absolute atomic E-state index is 12.3. The predicted molar refractivity (Wildman–Crippen MR) is 132 cm³/mol. The van der Waals surface area contributed by atoms with Crippen LogP contribution in [0.15, 0.2) is 48.5 Å². The summed E-state index contributed by atoms with van der Waals surface area (Å²) in [5.74, 6) is -0.659. The first-order valence-electron chi connectivity index (χ1n) is 10.7. The van der Waals surface area contributed by atoms with Crippen molar-refractivity contribution in [2.75, 3.05) is 0 Å². The monoisotopic (exact) mass is 477 g/mol. The van der Waals surface area contributed by atoms with Crippen molar-refractivity contribution in [2.45, 2.75) is 26.7 Å². The van der Waals surface area contributed by atoms with Gasteiger partial charge in [0.2, 0.25) is 0 Å². The molecule has 0 spiro atoms. The van der Waals surface area contributed by atoms with Crippen LogP contribution < -0.4 is 0 Å². The van der Waals surface area contributed by atoms with Crippen LogP contribution in [0.2, 0.25) is 10.2 Å². The van der Waals surface area contributed by atoms with E-state index in [0.29, 0.717) is 33.1 Å². The van der Waals surface area contributed by atoms with Gasteiger partial charge in [0, 0.05) is 16.0 Å². The molecule has 1 aliphatic rings. The Labute approximate surface area is 201 Å². The maximum atomic E-state index is 12.3. The minimum absolute atomic E-state index is 0.270. The van der Waals surface area contributed by atoms with Crippen molar-refractivity contribution in [2.24, 2.45) is 5.92 Å². The van der Waals surface area contributed by atoms with Gasteiger partial charge >= 0.3 is 5.97 Å². The van der Waals surface area contributed by atoms with Gasteiger partial charge in [-0.1, -0.05) is 54.4 Å². The summed E-state index contributed by atoms with van der Waals surface area (Å²) in [7, 11) is 0. The maximum Gasteiger partial charge on any atom is 0.336 e. The number of carboxylic acid groups (broad SMARTS) is 1. The number of halogens is 2. The number of carbonyl (C=O) groups is 1. The number of nitrogens with zero attached hydrogens (tertiary/aromatic N) is 3. The van der Waals surface area contributed by atoms with Crippen molar-refractivity contribution >= 4 is 51.7 Å². The number of fused-ring (bicyclic) bond motifs is 2. The van der Waals surface area contributed by atoms with Crippen LogP contribution in [0.3, 0.4) is 0 Å². The van der Waals surface area contributed by atoms with Crippen molar-refractivity contribution in [3.05, 3.63) is 86.8 Å². The number of allylic oxidation sites excluding steroid dienone is 1. The molecule has 5 nitrogen and oxygen atoms in total. The number of aromatic carboxylic acids is 1. The molecule has 0 radical (unpaired) electrons. The molecule has 0 saturated heterocycles. The third-order valence-corrected chi connectivity index (χ3v) is 6.65. The van der Waals surface area contributed by atoms with Gasteiger partial charge in [-0.2, -0.15) is 5.10 Å². The lowest BCUT2D eigenvalue weighted by atomic mass is 9.80. The Bertz CT molecular complexity index is 1460. The second-order valence-corrected chi connectivity index (χ2v) is 9.30. The van der Waals surface area contributed by atoms with Crippen molar-refractivity contribution < 1.29 is 9.90 Å². The van der Waals surface area contributed by atoms with Gasteiger partial charge in [-0.3, -0.25) is 0 Å². The van der Waals surface area contributed by atoms with Gasteiger partial charge in [0.15, 0.2) is 0 Å². The number of pyridine rings is 1. The van der Waals surface area contributed by atoms with Crippen molar-refractivity contribution in [1.29, 1.82) is 0 Å². The Hall–Kier alpha value is -3.15. The van der Waals surface area contributed by atoms with E-state index in [4.69, 9.17) is 28.2 Å². The first kappa shape index (κ1) is 21.7. The number of hydrogen-bond acceptors (Lipinski definition) is 3. The summed E-state index contributed by atoms with van der Waals surface area (Å²) in [4.78, 5) is 17.1. The molecule has 0 amide bonds. The number of hydrogen-bond donors (Lipinski definition) is 1. The number of para-hydroxylation sites is 1. The zero-order chi connectivity index (χ0) is 23.3. The third-order valence-electron chi connectivity index (χ3n) is 6.05. The molecule has 1 N–H and O–H groups in total. The van der Waals surface area contributed by atoms with Crippen LogP contribution in [0.4, 0.5) is 0 Å². The quantitative estimate of drug-likeness (QED) is 0.350. The van der Waals surface area contributed by atoms with Crippen LogP contribution >= 0.6 is 23.2 Å². The highest BCUT2D eigenvalue weighted by atomic mass is 35.5. The molecular formula is C26H21Cl2N3O2. The first-order chi connectivity index (χ1) is 15.8. The molecule has 0 fully saturated rings. The predicted octanol–water partition coefficient (Wildman–Crippen LogP) is 6.86. The van der Waals surface area contributed by atoms with Gasteiger partial charge in [0.25, 0.3) is 0 Å². The molecule has 0 aliphatic heterocycles. The Morgan fingerprint density at radius 3 is 2.70 bits per heavy atom. The SMILES string of the molecule is Cc1nn(-c2cccc(Cl)c2)c(Cl)c1C=C1CC(C)Cc2c1nc1ccccc1c2C(=O)O. The summed E-state index contributed by atoms with van der Waals surface area (Å²) < 4.78 is 1.67. The van der Waals surface area contributed by atoms with Crippen LogP contribution in [-0.2, 0) is 6.42 Å². The molecule has 5 rings (SSSR count). The number of rotatable bonds is 3. The average Bonchev–Trinajstić information content (AvgIpc) is 3.05.